The Hall–Kier alpha value is -2.47. The minimum Gasteiger partial charge on any atom is -0.322 e. The largest absolute Gasteiger partial charge is 0.322 e. The highest BCUT2D eigenvalue weighted by Gasteiger charge is 2.15. The third-order valence-corrected chi connectivity index (χ3v) is 3.15. The van der Waals surface area contributed by atoms with E-state index >= 15 is 0 Å². The molecule has 0 aliphatic heterocycles. The fourth-order valence-corrected chi connectivity index (χ4v) is 1.85. The lowest BCUT2D eigenvalue weighted by Crippen LogP contribution is -2.12. The average Bonchev–Trinajstić information content (AvgIpc) is 2.43. The Balaban J connectivity index is 2.25. The highest BCUT2D eigenvalue weighted by molar-refractivity contribution is 6.32. The van der Waals surface area contributed by atoms with Crippen molar-refractivity contribution >= 4 is 28.9 Å². The molecule has 2 rings (SSSR count). The van der Waals surface area contributed by atoms with Crippen molar-refractivity contribution in [1.82, 2.24) is 0 Å². The molecule has 0 aliphatic carbocycles. The number of hydrogen-bond acceptors (Lipinski definition) is 3. The number of nitro benzene ring substituents is 1. The summed E-state index contributed by atoms with van der Waals surface area (Å²) < 4.78 is 13.4. The number of nitro groups is 1. The first kappa shape index (κ1) is 14.9. The maximum atomic E-state index is 13.4. The molecule has 0 bridgehead atoms. The second kappa shape index (κ2) is 5.88. The Kier molecular flexibility index (Phi) is 4.18. The number of aryl methyl sites for hydroxylation is 1. The lowest BCUT2D eigenvalue weighted by molar-refractivity contribution is -0.384. The van der Waals surface area contributed by atoms with Crippen molar-refractivity contribution in [2.45, 2.75) is 6.92 Å². The summed E-state index contributed by atoms with van der Waals surface area (Å²) in [5, 5.41) is 13.2. The van der Waals surface area contributed by atoms with E-state index < -0.39 is 16.6 Å². The van der Waals surface area contributed by atoms with Gasteiger partial charge >= 0.3 is 0 Å². The zero-order valence-corrected chi connectivity index (χ0v) is 11.6. The van der Waals surface area contributed by atoms with Gasteiger partial charge in [0.15, 0.2) is 0 Å². The Morgan fingerprint density at radius 1 is 1.29 bits per heavy atom. The van der Waals surface area contributed by atoms with Gasteiger partial charge in [0.05, 0.1) is 4.92 Å². The van der Waals surface area contributed by atoms with Crippen LogP contribution in [-0.2, 0) is 0 Å². The number of rotatable bonds is 3. The van der Waals surface area contributed by atoms with Gasteiger partial charge < -0.3 is 5.32 Å². The summed E-state index contributed by atoms with van der Waals surface area (Å²) in [7, 11) is 0. The van der Waals surface area contributed by atoms with Crippen LogP contribution < -0.4 is 5.32 Å². The van der Waals surface area contributed by atoms with E-state index in [1.54, 1.807) is 6.92 Å². The van der Waals surface area contributed by atoms with Crippen molar-refractivity contribution in [2.24, 2.45) is 0 Å². The third-order valence-electron chi connectivity index (χ3n) is 2.83. The zero-order valence-electron chi connectivity index (χ0n) is 10.9. The maximum absolute atomic E-state index is 13.4. The van der Waals surface area contributed by atoms with Crippen molar-refractivity contribution in [1.29, 1.82) is 0 Å². The Bertz CT molecular complexity index is 734. The molecule has 0 fully saturated rings. The van der Waals surface area contributed by atoms with E-state index in [0.717, 1.165) is 12.1 Å². The molecule has 5 nitrogen and oxygen atoms in total. The molecule has 0 radical (unpaired) electrons. The van der Waals surface area contributed by atoms with Crippen LogP contribution in [0.4, 0.5) is 15.8 Å². The number of nitrogens with zero attached hydrogens (tertiary/aromatic N) is 1. The number of halogens is 2. The van der Waals surface area contributed by atoms with Crippen LogP contribution in [0, 0.1) is 22.9 Å². The number of carbonyl (C=O) groups excluding carboxylic acids is 1. The summed E-state index contributed by atoms with van der Waals surface area (Å²) in [5.74, 6) is -1.06. The first-order chi connectivity index (χ1) is 9.88. The molecular weight excluding hydrogens is 299 g/mol. The summed E-state index contributed by atoms with van der Waals surface area (Å²) in [6.07, 6.45) is 0. The number of anilines is 1. The van der Waals surface area contributed by atoms with Gasteiger partial charge in [0.2, 0.25) is 0 Å². The highest BCUT2D eigenvalue weighted by Crippen LogP contribution is 2.27. The highest BCUT2D eigenvalue weighted by atomic mass is 35.5. The van der Waals surface area contributed by atoms with Gasteiger partial charge in [-0.25, -0.2) is 4.39 Å². The fraction of sp³-hybridized carbons (Fsp3) is 0.0714. The fourth-order valence-electron chi connectivity index (χ4n) is 1.67. The van der Waals surface area contributed by atoms with Crippen LogP contribution in [-0.4, -0.2) is 10.8 Å². The maximum Gasteiger partial charge on any atom is 0.289 e. The van der Waals surface area contributed by atoms with Crippen LogP contribution in [0.25, 0.3) is 0 Å². The third kappa shape index (κ3) is 3.35. The van der Waals surface area contributed by atoms with Gasteiger partial charge in [-0.2, -0.15) is 0 Å². The first-order valence-corrected chi connectivity index (χ1v) is 6.27. The van der Waals surface area contributed by atoms with Crippen molar-refractivity contribution in [3.8, 4) is 0 Å². The van der Waals surface area contributed by atoms with Crippen LogP contribution >= 0.6 is 11.6 Å². The van der Waals surface area contributed by atoms with E-state index in [9.17, 15) is 19.3 Å². The average molecular weight is 309 g/mol. The van der Waals surface area contributed by atoms with Crippen LogP contribution in [0.3, 0.4) is 0 Å². The van der Waals surface area contributed by atoms with Gasteiger partial charge in [-0.1, -0.05) is 17.7 Å². The number of nitrogens with one attached hydrogen (secondary N) is 1. The van der Waals surface area contributed by atoms with Crippen LogP contribution in [0.15, 0.2) is 36.4 Å². The second-order valence-corrected chi connectivity index (χ2v) is 4.75. The predicted molar refractivity (Wildman–Crippen MR) is 77.2 cm³/mol. The molecule has 108 valence electrons. The molecule has 0 atom stereocenters. The van der Waals surface area contributed by atoms with E-state index in [1.807, 2.05) is 0 Å². The normalized spacial score (nSPS) is 10.2. The smallest absolute Gasteiger partial charge is 0.289 e. The molecule has 0 saturated carbocycles. The van der Waals surface area contributed by atoms with Crippen LogP contribution in [0.1, 0.15) is 15.9 Å². The van der Waals surface area contributed by atoms with Crippen LogP contribution in [0.2, 0.25) is 5.02 Å². The van der Waals surface area contributed by atoms with E-state index in [4.69, 9.17) is 11.6 Å². The van der Waals surface area contributed by atoms with Gasteiger partial charge in [-0.15, -0.1) is 0 Å². The molecule has 0 heterocycles. The Labute approximate surface area is 124 Å². The summed E-state index contributed by atoms with van der Waals surface area (Å²) in [5.41, 5.74) is 0.436. The summed E-state index contributed by atoms with van der Waals surface area (Å²) in [6, 6.07) is 7.94. The molecule has 0 saturated heterocycles. The topological polar surface area (TPSA) is 72.2 Å². The molecule has 0 aromatic heterocycles. The molecule has 7 heteroatoms. The second-order valence-electron chi connectivity index (χ2n) is 4.34. The molecule has 2 aromatic rings. The van der Waals surface area contributed by atoms with Crippen molar-refractivity contribution in [2.75, 3.05) is 5.32 Å². The van der Waals surface area contributed by atoms with Gasteiger partial charge in [0, 0.05) is 17.3 Å². The van der Waals surface area contributed by atoms with Gasteiger partial charge in [0.25, 0.3) is 11.6 Å². The van der Waals surface area contributed by atoms with Crippen molar-refractivity contribution < 1.29 is 14.1 Å². The number of hydrogen-bond donors (Lipinski definition) is 1. The molecule has 0 spiro atoms. The SMILES string of the molecule is Cc1ccc(C(=O)Nc2ccc(Cl)c([N+](=O)[O-])c2)cc1F. The molecule has 1 N–H and O–H groups in total. The number of carbonyl (C=O) groups is 1. The number of amides is 1. The standard InChI is InChI=1S/C14H10ClFN2O3/c1-8-2-3-9(6-12(8)16)14(19)17-10-4-5-11(15)13(7-10)18(20)21/h2-7H,1H3,(H,17,19). The number of benzene rings is 2. The Morgan fingerprint density at radius 3 is 2.62 bits per heavy atom. The first-order valence-electron chi connectivity index (χ1n) is 5.90. The molecular formula is C14H10ClFN2O3. The molecule has 1 amide bonds. The van der Waals surface area contributed by atoms with Gasteiger partial charge in [-0.3, -0.25) is 14.9 Å². The van der Waals surface area contributed by atoms with Gasteiger partial charge in [-0.05, 0) is 36.8 Å². The minimum absolute atomic E-state index is 0.0284. The predicted octanol–water partition coefficient (Wildman–Crippen LogP) is 3.95. The van der Waals surface area contributed by atoms with Crippen LogP contribution in [0.5, 0.6) is 0 Å². The van der Waals surface area contributed by atoms with E-state index in [0.29, 0.717) is 5.56 Å². The summed E-state index contributed by atoms with van der Waals surface area (Å²) in [4.78, 5) is 22.1. The zero-order chi connectivity index (χ0) is 15.6. The lowest BCUT2D eigenvalue weighted by Gasteiger charge is -2.06. The molecule has 0 unspecified atom stereocenters. The monoisotopic (exact) mass is 308 g/mol. The van der Waals surface area contributed by atoms with E-state index in [2.05, 4.69) is 5.32 Å². The lowest BCUT2D eigenvalue weighted by atomic mass is 10.1. The molecule has 21 heavy (non-hydrogen) atoms. The van der Waals surface area contributed by atoms with E-state index in [-0.39, 0.29) is 22.0 Å². The van der Waals surface area contributed by atoms with E-state index in [1.165, 1.54) is 24.3 Å². The summed E-state index contributed by atoms with van der Waals surface area (Å²) in [6.45, 7) is 1.58. The molecule has 0 aliphatic rings. The van der Waals surface area contributed by atoms with Crippen molar-refractivity contribution in [3.05, 3.63) is 68.5 Å². The summed E-state index contributed by atoms with van der Waals surface area (Å²) >= 11 is 5.68. The van der Waals surface area contributed by atoms with Crippen molar-refractivity contribution in [3.63, 3.8) is 0 Å². The molecule has 2 aromatic carbocycles. The van der Waals surface area contributed by atoms with Gasteiger partial charge in [0.1, 0.15) is 10.8 Å². The Morgan fingerprint density at radius 2 is 2.00 bits per heavy atom. The quantitative estimate of drug-likeness (QED) is 0.689. The minimum atomic E-state index is -0.649.